The Morgan fingerprint density at radius 3 is 1.62 bits per heavy atom. The molecule has 0 spiro atoms. The summed E-state index contributed by atoms with van der Waals surface area (Å²) in [4.78, 5) is 22.0. The van der Waals surface area contributed by atoms with Crippen LogP contribution in [0.3, 0.4) is 0 Å². The van der Waals surface area contributed by atoms with Crippen LogP contribution in [0.25, 0.3) is 0 Å². The summed E-state index contributed by atoms with van der Waals surface area (Å²) in [7, 11) is 0. The van der Waals surface area contributed by atoms with Crippen LogP contribution in [0.15, 0.2) is 12.1 Å². The number of hydrogen-bond acceptors (Lipinski definition) is 5. The van der Waals surface area contributed by atoms with Gasteiger partial charge in [0.15, 0.2) is 0 Å². The molecule has 1 aromatic carbocycles. The highest BCUT2D eigenvalue weighted by atomic mass is 17.5. The van der Waals surface area contributed by atoms with Gasteiger partial charge in [-0.15, -0.1) is 0 Å². The van der Waals surface area contributed by atoms with Crippen LogP contribution in [0.5, 0.6) is 5.75 Å². The minimum Gasteiger partial charge on any atom is -0.507 e. The summed E-state index contributed by atoms with van der Waals surface area (Å²) in [5.74, 6) is -0.464. The van der Waals surface area contributed by atoms with Gasteiger partial charge in [0.1, 0.15) is 5.75 Å². The third kappa shape index (κ3) is 5.49. The first kappa shape index (κ1) is 20.5. The molecule has 0 unspecified atom stereocenters. The van der Waals surface area contributed by atoms with Gasteiger partial charge in [-0.25, -0.2) is 4.79 Å². The van der Waals surface area contributed by atoms with Crippen molar-refractivity contribution in [1.82, 2.24) is 0 Å². The molecule has 5 nitrogen and oxygen atoms in total. The SMILES string of the molecule is CC(C)(C)OOOC(=O)c1cc(C(C)(C)C)c(O)c(C(C)(C)C)c1. The summed E-state index contributed by atoms with van der Waals surface area (Å²) >= 11 is 0. The van der Waals surface area contributed by atoms with Crippen molar-refractivity contribution in [2.24, 2.45) is 0 Å². The predicted molar refractivity (Wildman–Crippen MR) is 92.8 cm³/mol. The van der Waals surface area contributed by atoms with E-state index in [9.17, 15) is 9.90 Å². The summed E-state index contributed by atoms with van der Waals surface area (Å²) < 4.78 is 0. The maximum Gasteiger partial charge on any atom is 0.376 e. The zero-order chi connectivity index (χ0) is 18.9. The van der Waals surface area contributed by atoms with Crippen LogP contribution in [0.2, 0.25) is 0 Å². The van der Waals surface area contributed by atoms with Gasteiger partial charge in [0.2, 0.25) is 0 Å². The zero-order valence-electron chi connectivity index (χ0n) is 16.2. The first-order valence-electron chi connectivity index (χ1n) is 8.07. The summed E-state index contributed by atoms with van der Waals surface area (Å²) in [6, 6.07) is 3.26. The fourth-order valence-corrected chi connectivity index (χ4v) is 2.09. The maximum absolute atomic E-state index is 12.3. The summed E-state index contributed by atoms with van der Waals surface area (Å²) in [6.45, 7) is 17.2. The molecule has 0 aliphatic rings. The molecule has 0 heterocycles. The minimum atomic E-state index is -0.671. The standard InChI is InChI=1S/C19H30O5/c1-17(2,3)13-10-12(11-14(15(13)20)18(4,5)6)16(21)22-24-23-19(7,8)9/h10-11,20H,1-9H3. The molecule has 136 valence electrons. The Hall–Kier alpha value is -1.59. The van der Waals surface area contributed by atoms with Crippen molar-refractivity contribution >= 4 is 5.97 Å². The quantitative estimate of drug-likeness (QED) is 0.633. The van der Waals surface area contributed by atoms with Gasteiger partial charge in [-0.05, 0) is 48.8 Å². The molecule has 1 aromatic rings. The summed E-state index contributed by atoms with van der Waals surface area (Å²) in [6.07, 6.45) is 0. The molecule has 0 radical (unpaired) electrons. The van der Waals surface area contributed by atoms with Gasteiger partial charge >= 0.3 is 5.97 Å². The Balaban J connectivity index is 3.22. The number of benzene rings is 1. The molecular formula is C19H30O5. The molecule has 1 N–H and O–H groups in total. The van der Waals surface area contributed by atoms with Crippen LogP contribution in [-0.2, 0) is 25.6 Å². The second-order valence-corrected chi connectivity index (χ2v) is 9.05. The van der Waals surface area contributed by atoms with Gasteiger partial charge < -0.3 is 5.11 Å². The van der Waals surface area contributed by atoms with Crippen LogP contribution in [0.1, 0.15) is 83.8 Å². The van der Waals surface area contributed by atoms with Crippen LogP contribution in [0, 0.1) is 0 Å². The smallest absolute Gasteiger partial charge is 0.376 e. The Bertz CT molecular complexity index is 563. The van der Waals surface area contributed by atoms with E-state index >= 15 is 0 Å². The number of phenols is 1. The molecule has 0 bridgehead atoms. The molecule has 0 fully saturated rings. The van der Waals surface area contributed by atoms with Crippen LogP contribution >= 0.6 is 0 Å². The molecule has 0 amide bonds. The molecule has 5 heteroatoms. The van der Waals surface area contributed by atoms with E-state index in [1.165, 1.54) is 0 Å². The van der Waals surface area contributed by atoms with E-state index in [0.717, 1.165) is 0 Å². The van der Waals surface area contributed by atoms with Crippen molar-refractivity contribution in [3.8, 4) is 5.75 Å². The fourth-order valence-electron chi connectivity index (χ4n) is 2.09. The van der Waals surface area contributed by atoms with Crippen molar-refractivity contribution in [3.63, 3.8) is 0 Å². The Labute approximate surface area is 144 Å². The van der Waals surface area contributed by atoms with Gasteiger partial charge in [-0.2, -0.15) is 4.89 Å². The van der Waals surface area contributed by atoms with E-state index in [4.69, 9.17) is 9.78 Å². The van der Waals surface area contributed by atoms with Crippen molar-refractivity contribution in [2.75, 3.05) is 0 Å². The van der Waals surface area contributed by atoms with E-state index in [2.05, 4.69) is 5.04 Å². The third-order valence-electron chi connectivity index (χ3n) is 3.36. The average molecular weight is 338 g/mol. The van der Waals surface area contributed by atoms with Gasteiger partial charge in [-0.1, -0.05) is 41.5 Å². The zero-order valence-corrected chi connectivity index (χ0v) is 16.2. The highest BCUT2D eigenvalue weighted by molar-refractivity contribution is 5.90. The monoisotopic (exact) mass is 338 g/mol. The largest absolute Gasteiger partial charge is 0.507 e. The summed E-state index contributed by atoms with van der Waals surface area (Å²) in [5, 5.41) is 15.2. The fraction of sp³-hybridized carbons (Fsp3) is 0.632. The van der Waals surface area contributed by atoms with Crippen molar-refractivity contribution in [2.45, 2.75) is 78.7 Å². The van der Waals surface area contributed by atoms with Crippen LogP contribution in [0.4, 0.5) is 0 Å². The number of carbonyl (C=O) groups excluding carboxylic acids is 1. The van der Waals surface area contributed by atoms with E-state index in [-0.39, 0.29) is 16.6 Å². The topological polar surface area (TPSA) is 65.0 Å². The first-order valence-corrected chi connectivity index (χ1v) is 8.07. The normalized spacial score (nSPS) is 13.0. The third-order valence-corrected chi connectivity index (χ3v) is 3.36. The number of rotatable bonds is 3. The number of hydrogen-bond donors (Lipinski definition) is 1. The predicted octanol–water partition coefficient (Wildman–Crippen LogP) is 4.81. The molecule has 0 aromatic heterocycles. The summed E-state index contributed by atoms with van der Waals surface area (Å²) in [5.41, 5.74) is 0.409. The number of aromatic hydroxyl groups is 1. The van der Waals surface area contributed by atoms with E-state index in [0.29, 0.717) is 16.7 Å². The molecule has 0 saturated carbocycles. The lowest BCUT2D eigenvalue weighted by Gasteiger charge is -2.27. The van der Waals surface area contributed by atoms with Gasteiger partial charge in [0, 0.05) is 11.1 Å². The van der Waals surface area contributed by atoms with Gasteiger partial charge in [-0.3, -0.25) is 4.89 Å². The molecule has 0 aliphatic carbocycles. The molecule has 0 atom stereocenters. The lowest BCUT2D eigenvalue weighted by Crippen LogP contribution is -2.22. The van der Waals surface area contributed by atoms with Crippen molar-refractivity contribution < 1.29 is 24.7 Å². The number of phenolic OH excluding ortho intramolecular Hbond substituents is 1. The lowest BCUT2D eigenvalue weighted by molar-refractivity contribution is -0.510. The highest BCUT2D eigenvalue weighted by Gasteiger charge is 2.28. The highest BCUT2D eigenvalue weighted by Crippen LogP contribution is 2.39. The molecule has 0 aliphatic heterocycles. The van der Waals surface area contributed by atoms with E-state index in [1.54, 1.807) is 32.9 Å². The Morgan fingerprint density at radius 1 is 0.875 bits per heavy atom. The van der Waals surface area contributed by atoms with Crippen LogP contribution < -0.4 is 0 Å². The van der Waals surface area contributed by atoms with Crippen molar-refractivity contribution in [3.05, 3.63) is 28.8 Å². The molecular weight excluding hydrogens is 308 g/mol. The second-order valence-electron chi connectivity index (χ2n) is 9.05. The molecule has 0 saturated heterocycles. The van der Waals surface area contributed by atoms with Gasteiger partial charge in [0.05, 0.1) is 11.2 Å². The van der Waals surface area contributed by atoms with Crippen LogP contribution in [-0.4, -0.2) is 16.7 Å². The van der Waals surface area contributed by atoms with Crippen molar-refractivity contribution in [1.29, 1.82) is 0 Å². The molecule has 24 heavy (non-hydrogen) atoms. The second kappa shape index (κ2) is 6.73. The Kier molecular flexibility index (Phi) is 5.73. The molecule has 1 rings (SSSR count). The lowest BCUT2D eigenvalue weighted by atomic mass is 9.78. The average Bonchev–Trinajstić information content (AvgIpc) is 2.34. The first-order chi connectivity index (χ1) is 10.6. The van der Waals surface area contributed by atoms with Gasteiger partial charge in [0.25, 0.3) is 0 Å². The van der Waals surface area contributed by atoms with E-state index in [1.807, 2.05) is 41.5 Å². The Morgan fingerprint density at radius 2 is 1.29 bits per heavy atom. The maximum atomic E-state index is 12.3. The minimum absolute atomic E-state index is 0.207. The number of carbonyl (C=O) groups is 1. The van der Waals surface area contributed by atoms with E-state index < -0.39 is 11.6 Å².